The van der Waals surface area contributed by atoms with Gasteiger partial charge in [-0.05, 0) is 86.3 Å². The Labute approximate surface area is 205 Å². The lowest BCUT2D eigenvalue weighted by Gasteiger charge is -2.45. The van der Waals surface area contributed by atoms with Crippen molar-refractivity contribution in [2.45, 2.75) is 60.6 Å². The van der Waals surface area contributed by atoms with Crippen LogP contribution in [0.1, 0.15) is 44.9 Å². The van der Waals surface area contributed by atoms with E-state index in [-0.39, 0.29) is 17.3 Å². The highest BCUT2D eigenvalue weighted by atomic mass is 32.2. The number of carbonyl (C=O) groups excluding carboxylic acids is 1. The van der Waals surface area contributed by atoms with E-state index in [0.717, 1.165) is 48.6 Å². The number of sulfone groups is 1. The number of piperidine rings is 1. The summed E-state index contributed by atoms with van der Waals surface area (Å²) >= 11 is 0. The minimum absolute atomic E-state index is 0.0793. The second kappa shape index (κ2) is 8.49. The molecule has 1 aromatic heterocycles. The molecule has 2 aromatic carbocycles. The average molecular weight is 493 g/mol. The largest absolute Gasteiger partial charge is 0.304 e. The van der Waals surface area contributed by atoms with Crippen molar-refractivity contribution in [3.05, 3.63) is 60.5 Å². The molecule has 3 fully saturated rings. The summed E-state index contributed by atoms with van der Waals surface area (Å²) in [4.78, 5) is 16.8. The molecular formula is C28H29FN2O3S. The molecule has 0 radical (unpaired) electrons. The predicted molar refractivity (Wildman–Crippen MR) is 133 cm³/mol. The number of nitrogens with one attached hydrogen (secondary N) is 1. The number of hydrogen-bond acceptors (Lipinski definition) is 5. The number of Topliss-reactive ketones (excluding diaryl/α,β-unsaturated/α-hetero) is 1. The topological polar surface area (TPSA) is 76.1 Å². The maximum Gasteiger partial charge on any atom is 0.181 e. The quantitative estimate of drug-likeness (QED) is 0.549. The fraction of sp³-hybridized carbons (Fsp3) is 0.429. The molecule has 1 N–H and O–H groups in total. The van der Waals surface area contributed by atoms with Gasteiger partial charge >= 0.3 is 0 Å². The smallest absolute Gasteiger partial charge is 0.181 e. The number of fused-ring (bicyclic) bond motifs is 1. The van der Waals surface area contributed by atoms with Crippen LogP contribution in [0.3, 0.4) is 0 Å². The SMILES string of the molecule is O=C1CNC2(CCC(S(=O)(=O)c3ccc(-c4ccc5cc(F)cnc5c4)cc3)CC2)CC1C1CC1. The van der Waals surface area contributed by atoms with Crippen molar-refractivity contribution in [1.29, 1.82) is 0 Å². The molecule has 2 saturated carbocycles. The van der Waals surface area contributed by atoms with Crippen molar-refractivity contribution in [2.24, 2.45) is 11.8 Å². The van der Waals surface area contributed by atoms with Crippen LogP contribution in [0, 0.1) is 17.7 Å². The molecule has 3 aliphatic rings. The van der Waals surface area contributed by atoms with E-state index in [4.69, 9.17) is 0 Å². The molecule has 35 heavy (non-hydrogen) atoms. The van der Waals surface area contributed by atoms with Crippen LogP contribution in [0.2, 0.25) is 0 Å². The number of benzene rings is 2. The molecule has 0 amide bonds. The standard InChI is InChI=1S/C28H29FN2O3S/c29-22-13-21-4-3-20(14-26(21)30-16-22)18-5-7-23(8-6-18)35(33,34)24-9-11-28(12-10-24)15-25(19-1-2-19)27(32)17-31-28/h3-8,13-14,16,19,24-25,31H,1-2,9-12,15,17H2. The molecule has 2 aliphatic carbocycles. The zero-order valence-electron chi connectivity index (χ0n) is 19.5. The van der Waals surface area contributed by atoms with E-state index >= 15 is 0 Å². The minimum atomic E-state index is -3.43. The Morgan fingerprint density at radius 1 is 0.943 bits per heavy atom. The zero-order valence-corrected chi connectivity index (χ0v) is 20.4. The molecule has 1 spiro atoms. The van der Waals surface area contributed by atoms with Crippen LogP contribution in [-0.2, 0) is 14.6 Å². The van der Waals surface area contributed by atoms with Crippen molar-refractivity contribution in [1.82, 2.24) is 10.3 Å². The number of rotatable bonds is 4. The van der Waals surface area contributed by atoms with Gasteiger partial charge in [0.25, 0.3) is 0 Å². The number of nitrogens with zero attached hydrogens (tertiary/aromatic N) is 1. The Hall–Kier alpha value is -2.64. The van der Waals surface area contributed by atoms with Crippen LogP contribution < -0.4 is 5.32 Å². The van der Waals surface area contributed by atoms with Crippen LogP contribution in [0.15, 0.2) is 59.6 Å². The summed E-state index contributed by atoms with van der Waals surface area (Å²) in [6, 6.07) is 14.1. The summed E-state index contributed by atoms with van der Waals surface area (Å²) in [7, 11) is -3.43. The summed E-state index contributed by atoms with van der Waals surface area (Å²) in [6.45, 7) is 0.430. The second-order valence-corrected chi connectivity index (χ2v) is 12.8. The lowest BCUT2D eigenvalue weighted by molar-refractivity contribution is -0.126. The lowest BCUT2D eigenvalue weighted by Crippen LogP contribution is -2.57. The summed E-state index contributed by atoms with van der Waals surface area (Å²) in [5, 5.41) is 3.81. The van der Waals surface area contributed by atoms with Gasteiger partial charge in [0, 0.05) is 16.8 Å². The van der Waals surface area contributed by atoms with Gasteiger partial charge in [-0.25, -0.2) is 12.8 Å². The van der Waals surface area contributed by atoms with Gasteiger partial charge < -0.3 is 5.32 Å². The lowest BCUT2D eigenvalue weighted by atomic mass is 9.71. The highest BCUT2D eigenvalue weighted by Crippen LogP contribution is 2.46. The number of halogens is 1. The third-order valence-electron chi connectivity index (χ3n) is 8.35. The highest BCUT2D eigenvalue weighted by Gasteiger charge is 2.48. The number of aromatic nitrogens is 1. The Morgan fingerprint density at radius 3 is 2.37 bits per heavy atom. The fourth-order valence-electron chi connectivity index (χ4n) is 6.08. The molecular weight excluding hydrogens is 463 g/mol. The molecule has 1 unspecified atom stereocenters. The van der Waals surface area contributed by atoms with E-state index in [1.807, 2.05) is 30.3 Å². The van der Waals surface area contributed by atoms with Gasteiger partial charge in [0.1, 0.15) is 11.6 Å². The summed E-state index contributed by atoms with van der Waals surface area (Å²) in [6.07, 6.45) is 7.23. The summed E-state index contributed by atoms with van der Waals surface area (Å²) in [5.41, 5.74) is 2.41. The molecule has 1 saturated heterocycles. The van der Waals surface area contributed by atoms with E-state index in [0.29, 0.717) is 41.5 Å². The first-order chi connectivity index (χ1) is 16.8. The van der Waals surface area contributed by atoms with Crippen LogP contribution in [0.5, 0.6) is 0 Å². The van der Waals surface area contributed by atoms with E-state index < -0.39 is 15.1 Å². The van der Waals surface area contributed by atoms with Gasteiger partial charge in [0.05, 0.1) is 28.4 Å². The fourth-order valence-corrected chi connectivity index (χ4v) is 7.84. The normalized spacial score (nSPS) is 27.4. The number of hydrogen-bond donors (Lipinski definition) is 1. The zero-order chi connectivity index (χ0) is 24.2. The third kappa shape index (κ3) is 4.29. The van der Waals surface area contributed by atoms with Gasteiger partial charge in [-0.3, -0.25) is 9.78 Å². The molecule has 6 rings (SSSR count). The van der Waals surface area contributed by atoms with Gasteiger partial charge in [-0.1, -0.05) is 24.3 Å². The monoisotopic (exact) mass is 492 g/mol. The molecule has 7 heteroatoms. The second-order valence-electron chi connectivity index (χ2n) is 10.6. The van der Waals surface area contributed by atoms with Crippen LogP contribution in [0.4, 0.5) is 4.39 Å². The molecule has 5 nitrogen and oxygen atoms in total. The van der Waals surface area contributed by atoms with Crippen LogP contribution >= 0.6 is 0 Å². The van der Waals surface area contributed by atoms with Gasteiger partial charge in [-0.2, -0.15) is 0 Å². The van der Waals surface area contributed by atoms with Crippen molar-refractivity contribution in [3.8, 4) is 11.1 Å². The van der Waals surface area contributed by atoms with Gasteiger partial charge in [0.2, 0.25) is 0 Å². The van der Waals surface area contributed by atoms with Crippen molar-refractivity contribution < 1.29 is 17.6 Å². The van der Waals surface area contributed by atoms with E-state index in [1.54, 1.807) is 12.1 Å². The predicted octanol–water partition coefficient (Wildman–Crippen LogP) is 5.08. The first-order valence-corrected chi connectivity index (χ1v) is 14.1. The summed E-state index contributed by atoms with van der Waals surface area (Å²) in [5.74, 6) is 0.688. The average Bonchev–Trinajstić information content (AvgIpc) is 3.71. The van der Waals surface area contributed by atoms with Gasteiger partial charge in [-0.15, -0.1) is 0 Å². The maximum absolute atomic E-state index is 13.4. The minimum Gasteiger partial charge on any atom is -0.304 e. The first-order valence-electron chi connectivity index (χ1n) is 12.5. The van der Waals surface area contributed by atoms with Crippen LogP contribution in [0.25, 0.3) is 22.0 Å². The van der Waals surface area contributed by atoms with Crippen LogP contribution in [-0.4, -0.2) is 36.5 Å². The van der Waals surface area contributed by atoms with Crippen molar-refractivity contribution in [2.75, 3.05) is 6.54 Å². The highest BCUT2D eigenvalue weighted by molar-refractivity contribution is 7.92. The van der Waals surface area contributed by atoms with Crippen molar-refractivity contribution >= 4 is 26.5 Å². The molecule has 1 atom stereocenters. The number of carbonyl (C=O) groups is 1. The molecule has 2 heterocycles. The summed E-state index contributed by atoms with van der Waals surface area (Å²) < 4.78 is 40.3. The van der Waals surface area contributed by atoms with E-state index in [1.165, 1.54) is 12.3 Å². The Kier molecular flexibility index (Phi) is 5.53. The third-order valence-corrected chi connectivity index (χ3v) is 10.6. The Morgan fingerprint density at radius 2 is 1.66 bits per heavy atom. The number of pyridine rings is 1. The molecule has 3 aromatic rings. The van der Waals surface area contributed by atoms with E-state index in [9.17, 15) is 17.6 Å². The molecule has 0 bridgehead atoms. The first kappa shape index (κ1) is 22.8. The molecule has 1 aliphatic heterocycles. The molecule has 182 valence electrons. The van der Waals surface area contributed by atoms with Crippen molar-refractivity contribution in [3.63, 3.8) is 0 Å². The number of ketones is 1. The van der Waals surface area contributed by atoms with E-state index in [2.05, 4.69) is 10.3 Å². The maximum atomic E-state index is 13.4. The van der Waals surface area contributed by atoms with Gasteiger partial charge in [0.15, 0.2) is 9.84 Å². The Bertz CT molecular complexity index is 1390. The Balaban J connectivity index is 1.16.